The van der Waals surface area contributed by atoms with Crippen LogP contribution in [0.5, 0.6) is 0 Å². The first-order chi connectivity index (χ1) is 21.8. The van der Waals surface area contributed by atoms with E-state index in [1.54, 1.807) is 5.46 Å². The molecule has 0 spiro atoms. The number of para-hydroxylation sites is 2. The van der Waals surface area contributed by atoms with E-state index in [2.05, 4.69) is 52.3 Å². The third-order valence-electron chi connectivity index (χ3n) is 15.0. The largest absolute Gasteiger partial charge is 0.457 e. The minimum Gasteiger partial charge on any atom is -0.457 e. The molecule has 0 N–H and O–H groups in total. The Hall–Kier alpha value is -2.43. The van der Waals surface area contributed by atoms with Gasteiger partial charge in [-0.1, -0.05) is 101 Å². The predicted molar refractivity (Wildman–Crippen MR) is 180 cm³/mol. The molecule has 2 saturated heterocycles. The standard InChI is InChI=1S/C39H48BN3O/c1-2-11-25-23(9-1)19-21-28-36(25)43-37-29(40(28)30-14-8-13-27-26-12-3-6-18-34(26)44-38(27)30)22-20-24-10-7-17-33(35(24)37)42-32-16-5-4-15-31(32)41-39(42)43/h3,6,8,12-14,18,23-25,28-29,31-33,35-37H,1-2,4-5,7,9-11,15-17,19-22H2. The van der Waals surface area contributed by atoms with E-state index in [4.69, 9.17) is 9.41 Å². The van der Waals surface area contributed by atoms with Gasteiger partial charge in [0.15, 0.2) is 12.7 Å². The topological polar surface area (TPSA) is 32.0 Å². The van der Waals surface area contributed by atoms with Crippen LogP contribution >= 0.6 is 0 Å². The first kappa shape index (κ1) is 25.7. The van der Waals surface area contributed by atoms with Crippen molar-refractivity contribution in [3.05, 3.63) is 42.5 Å². The quantitative estimate of drug-likeness (QED) is 0.270. The Balaban J connectivity index is 1.13. The molecule has 0 radical (unpaired) electrons. The van der Waals surface area contributed by atoms with Crippen LogP contribution in [-0.4, -0.2) is 52.7 Å². The van der Waals surface area contributed by atoms with Crippen LogP contribution in [0.4, 0.5) is 0 Å². The number of fused-ring (bicyclic) bond motifs is 12. The van der Waals surface area contributed by atoms with Gasteiger partial charge in [-0.25, -0.2) is 4.99 Å². The highest BCUT2D eigenvalue weighted by molar-refractivity contribution is 6.78. The zero-order valence-electron chi connectivity index (χ0n) is 26.3. The van der Waals surface area contributed by atoms with Gasteiger partial charge in [-0.3, -0.25) is 0 Å². The van der Waals surface area contributed by atoms with Crippen molar-refractivity contribution in [2.24, 2.45) is 28.7 Å². The summed E-state index contributed by atoms with van der Waals surface area (Å²) in [4.78, 5) is 12.1. The SMILES string of the molecule is c1ccc2c(c1)oc1c(B3C4CCC5CCCCC5C4N4C5=NC6CCCCC6N5C5CCCC6CCC3C4C65)cccc12. The van der Waals surface area contributed by atoms with Crippen molar-refractivity contribution < 1.29 is 4.42 Å². The Morgan fingerprint density at radius 3 is 2.39 bits per heavy atom. The van der Waals surface area contributed by atoms with Crippen molar-refractivity contribution in [1.29, 1.82) is 0 Å². The molecular formula is C39H48BN3O. The Kier molecular flexibility index (Phi) is 5.58. The minimum absolute atomic E-state index is 0.559. The van der Waals surface area contributed by atoms with Crippen molar-refractivity contribution in [2.45, 2.75) is 138 Å². The van der Waals surface area contributed by atoms with Gasteiger partial charge in [0.05, 0.1) is 12.1 Å². The number of hydrogen-bond acceptors (Lipinski definition) is 4. The zero-order chi connectivity index (χ0) is 28.5. The van der Waals surface area contributed by atoms with Crippen molar-refractivity contribution in [2.75, 3.05) is 0 Å². The van der Waals surface area contributed by atoms with Gasteiger partial charge in [-0.05, 0) is 73.0 Å². The fourth-order valence-corrected chi connectivity index (χ4v) is 13.6. The second-order valence-electron chi connectivity index (χ2n) is 16.5. The Bertz CT molecular complexity index is 1630. The highest BCUT2D eigenvalue weighted by Crippen LogP contribution is 2.62. The molecule has 3 aliphatic heterocycles. The fourth-order valence-electron chi connectivity index (χ4n) is 13.6. The maximum atomic E-state index is 6.86. The third-order valence-corrected chi connectivity index (χ3v) is 15.0. The minimum atomic E-state index is 0.559. The van der Waals surface area contributed by atoms with Crippen LogP contribution in [0.2, 0.25) is 11.6 Å². The summed E-state index contributed by atoms with van der Waals surface area (Å²) in [6.45, 7) is 0.604. The lowest BCUT2D eigenvalue weighted by Crippen LogP contribution is -2.77. The second-order valence-corrected chi connectivity index (χ2v) is 16.5. The van der Waals surface area contributed by atoms with E-state index in [1.165, 1.54) is 119 Å². The summed E-state index contributed by atoms with van der Waals surface area (Å²) in [5, 5.41) is 2.63. The molecule has 5 heteroatoms. The van der Waals surface area contributed by atoms with Crippen LogP contribution in [0.25, 0.3) is 21.9 Å². The summed E-state index contributed by atoms with van der Waals surface area (Å²) < 4.78 is 6.86. The van der Waals surface area contributed by atoms with E-state index < -0.39 is 0 Å². The molecule has 0 amide bonds. The molecule has 44 heavy (non-hydrogen) atoms. The van der Waals surface area contributed by atoms with E-state index >= 15 is 0 Å². The van der Waals surface area contributed by atoms with Gasteiger partial charge in [0, 0.05) is 34.8 Å². The lowest BCUT2D eigenvalue weighted by atomic mass is 9.22. The average Bonchev–Trinajstić information content (AvgIpc) is 3.66. The molecule has 2 aromatic carbocycles. The Labute approximate surface area is 263 Å². The van der Waals surface area contributed by atoms with E-state index in [0.29, 0.717) is 42.5 Å². The zero-order valence-corrected chi connectivity index (χ0v) is 26.3. The molecule has 3 aromatic rings. The molecule has 8 aliphatic rings. The smallest absolute Gasteiger partial charge is 0.198 e. The molecule has 11 rings (SSSR count). The number of furan rings is 1. The van der Waals surface area contributed by atoms with E-state index in [0.717, 1.165) is 35.3 Å². The third kappa shape index (κ3) is 3.35. The highest BCUT2D eigenvalue weighted by atomic mass is 16.3. The van der Waals surface area contributed by atoms with Crippen LogP contribution in [0.15, 0.2) is 51.9 Å². The summed E-state index contributed by atoms with van der Waals surface area (Å²) in [5.41, 5.74) is 3.83. The van der Waals surface area contributed by atoms with Crippen LogP contribution in [0.1, 0.15) is 96.3 Å². The summed E-state index contributed by atoms with van der Waals surface area (Å²) >= 11 is 0. The van der Waals surface area contributed by atoms with E-state index in [-0.39, 0.29) is 0 Å². The van der Waals surface area contributed by atoms with Crippen LogP contribution < -0.4 is 5.46 Å². The van der Waals surface area contributed by atoms with Gasteiger partial charge in [-0.2, -0.15) is 0 Å². The lowest BCUT2D eigenvalue weighted by Gasteiger charge is -2.69. The van der Waals surface area contributed by atoms with Gasteiger partial charge < -0.3 is 14.2 Å². The first-order valence-corrected chi connectivity index (χ1v) is 18.9. The molecule has 0 bridgehead atoms. The molecule has 11 atom stereocenters. The lowest BCUT2D eigenvalue weighted by molar-refractivity contribution is -0.0735. The number of benzene rings is 2. The first-order valence-electron chi connectivity index (χ1n) is 18.9. The van der Waals surface area contributed by atoms with Crippen molar-refractivity contribution in [3.8, 4) is 0 Å². The summed E-state index contributed by atoms with van der Waals surface area (Å²) in [6.07, 6.45) is 21.3. The second kappa shape index (κ2) is 9.55. The Morgan fingerprint density at radius 2 is 1.41 bits per heavy atom. The summed E-state index contributed by atoms with van der Waals surface area (Å²) in [7, 11) is 0. The fraction of sp³-hybridized carbons (Fsp3) is 0.667. The number of rotatable bonds is 1. The average molecular weight is 586 g/mol. The molecule has 5 aliphatic carbocycles. The van der Waals surface area contributed by atoms with E-state index in [1.807, 2.05) is 0 Å². The van der Waals surface area contributed by atoms with Gasteiger partial charge >= 0.3 is 0 Å². The number of nitrogens with zero attached hydrogens (tertiary/aromatic N) is 3. The predicted octanol–water partition coefficient (Wildman–Crippen LogP) is 8.26. The maximum absolute atomic E-state index is 6.86. The van der Waals surface area contributed by atoms with Gasteiger partial charge in [0.25, 0.3) is 0 Å². The summed E-state index contributed by atoms with van der Waals surface area (Å²) in [6, 6.07) is 19.3. The van der Waals surface area contributed by atoms with Crippen LogP contribution in [-0.2, 0) is 0 Å². The van der Waals surface area contributed by atoms with Crippen molar-refractivity contribution >= 4 is 40.1 Å². The van der Waals surface area contributed by atoms with Crippen molar-refractivity contribution in [3.63, 3.8) is 0 Å². The van der Waals surface area contributed by atoms with Crippen LogP contribution in [0.3, 0.4) is 0 Å². The van der Waals surface area contributed by atoms with Crippen molar-refractivity contribution in [1.82, 2.24) is 9.80 Å². The molecule has 11 unspecified atom stereocenters. The monoisotopic (exact) mass is 585 g/mol. The Morgan fingerprint density at radius 1 is 0.636 bits per heavy atom. The highest BCUT2D eigenvalue weighted by Gasteiger charge is 2.66. The van der Waals surface area contributed by atoms with Gasteiger partial charge in [-0.15, -0.1) is 0 Å². The van der Waals surface area contributed by atoms with E-state index in [9.17, 15) is 0 Å². The molecule has 5 saturated carbocycles. The molecule has 228 valence electrons. The number of hydrogen-bond donors (Lipinski definition) is 0. The number of aliphatic imine (C=N–C) groups is 1. The molecule has 7 fully saturated rings. The molecular weight excluding hydrogens is 537 g/mol. The van der Waals surface area contributed by atoms with Crippen LogP contribution in [0, 0.1) is 23.7 Å². The molecule has 4 nitrogen and oxygen atoms in total. The normalized spacial score (nSPS) is 42.3. The van der Waals surface area contributed by atoms with Gasteiger partial charge in [0.1, 0.15) is 11.2 Å². The molecule has 4 heterocycles. The molecule has 1 aromatic heterocycles. The van der Waals surface area contributed by atoms with Gasteiger partial charge in [0.2, 0.25) is 0 Å². The number of guanidine groups is 1. The maximum Gasteiger partial charge on any atom is 0.198 e. The summed E-state index contributed by atoms with van der Waals surface area (Å²) in [5.74, 6) is 6.43.